The molecular formula is C25H24Cl2N2O5S. The lowest BCUT2D eigenvalue weighted by Crippen LogP contribution is -2.44. The molecule has 2 saturated heterocycles. The molecule has 0 aliphatic carbocycles. The molecule has 2 aliphatic heterocycles. The van der Waals surface area contributed by atoms with Crippen molar-refractivity contribution in [3.8, 4) is 11.5 Å². The van der Waals surface area contributed by atoms with Crippen LogP contribution in [0, 0.1) is 0 Å². The highest BCUT2D eigenvalue weighted by molar-refractivity contribution is 8.18. The first-order valence-electron chi connectivity index (χ1n) is 11.1. The lowest BCUT2D eigenvalue weighted by atomic mass is 10.1. The number of halogens is 2. The lowest BCUT2D eigenvalue weighted by molar-refractivity contribution is -0.136. The molecular weight excluding hydrogens is 511 g/mol. The Kier molecular flexibility index (Phi) is 8.26. The van der Waals surface area contributed by atoms with Crippen LogP contribution in [0.2, 0.25) is 10.0 Å². The smallest absolute Gasteiger partial charge is 0.294 e. The van der Waals surface area contributed by atoms with E-state index in [0.29, 0.717) is 40.2 Å². The summed E-state index contributed by atoms with van der Waals surface area (Å²) in [4.78, 5) is 40.8. The number of likely N-dealkylation sites (tertiary alicyclic amines) is 1. The molecule has 4 rings (SSSR count). The number of hydrogen-bond donors (Lipinski definition) is 0. The molecule has 0 spiro atoms. The third-order valence-electron chi connectivity index (χ3n) is 5.76. The van der Waals surface area contributed by atoms with Crippen molar-refractivity contribution >= 4 is 58.1 Å². The van der Waals surface area contributed by atoms with Crippen LogP contribution in [-0.2, 0) is 16.2 Å². The minimum atomic E-state index is -0.470. The molecule has 10 heteroatoms. The van der Waals surface area contributed by atoms with Crippen molar-refractivity contribution in [3.05, 3.63) is 62.5 Å². The van der Waals surface area contributed by atoms with E-state index in [-0.39, 0.29) is 24.0 Å². The summed E-state index contributed by atoms with van der Waals surface area (Å²) in [5.41, 5.74) is 1.43. The number of ether oxygens (including phenoxy) is 2. The molecule has 3 amide bonds. The van der Waals surface area contributed by atoms with Crippen LogP contribution < -0.4 is 9.47 Å². The van der Waals surface area contributed by atoms with Gasteiger partial charge in [0.05, 0.1) is 12.0 Å². The quantitative estimate of drug-likeness (QED) is 0.428. The fourth-order valence-electron chi connectivity index (χ4n) is 3.85. The predicted octanol–water partition coefficient (Wildman–Crippen LogP) is 5.63. The Balaban J connectivity index is 1.44. The van der Waals surface area contributed by atoms with Gasteiger partial charge in [-0.25, -0.2) is 0 Å². The van der Waals surface area contributed by atoms with Crippen molar-refractivity contribution in [2.45, 2.75) is 25.9 Å². The van der Waals surface area contributed by atoms with Gasteiger partial charge in [-0.05, 0) is 66.9 Å². The minimum absolute atomic E-state index is 0.197. The Morgan fingerprint density at radius 2 is 1.83 bits per heavy atom. The number of rotatable bonds is 7. The average Bonchev–Trinajstić information content (AvgIpc) is 3.11. The van der Waals surface area contributed by atoms with Gasteiger partial charge in [0.2, 0.25) is 5.91 Å². The lowest BCUT2D eigenvalue weighted by Gasteiger charge is -2.27. The number of benzene rings is 2. The van der Waals surface area contributed by atoms with Crippen LogP contribution in [0.15, 0.2) is 41.3 Å². The summed E-state index contributed by atoms with van der Waals surface area (Å²) in [7, 11) is 1.52. The number of piperidine rings is 1. The van der Waals surface area contributed by atoms with Crippen molar-refractivity contribution in [2.24, 2.45) is 0 Å². The third-order valence-corrected chi connectivity index (χ3v) is 7.25. The number of nitrogens with zero attached hydrogens (tertiary/aromatic N) is 2. The first-order chi connectivity index (χ1) is 16.9. The van der Waals surface area contributed by atoms with E-state index in [9.17, 15) is 14.4 Å². The van der Waals surface area contributed by atoms with Gasteiger partial charge in [0.25, 0.3) is 11.1 Å². The number of hydrogen-bond acceptors (Lipinski definition) is 6. The van der Waals surface area contributed by atoms with Crippen LogP contribution in [0.3, 0.4) is 0 Å². The van der Waals surface area contributed by atoms with Crippen LogP contribution in [0.5, 0.6) is 11.5 Å². The molecule has 0 bridgehead atoms. The molecule has 2 heterocycles. The Labute approximate surface area is 217 Å². The van der Waals surface area contributed by atoms with E-state index in [1.807, 2.05) is 0 Å². The zero-order valence-electron chi connectivity index (χ0n) is 19.1. The maximum atomic E-state index is 12.8. The number of carbonyl (C=O) groups excluding carboxylic acids is 3. The van der Waals surface area contributed by atoms with Crippen molar-refractivity contribution < 1.29 is 23.9 Å². The normalized spacial score (nSPS) is 17.3. The van der Waals surface area contributed by atoms with Crippen molar-refractivity contribution in [2.75, 3.05) is 26.7 Å². The average molecular weight is 535 g/mol. The number of amides is 3. The van der Waals surface area contributed by atoms with E-state index in [4.69, 9.17) is 32.7 Å². The molecule has 2 fully saturated rings. The fraction of sp³-hybridized carbons (Fsp3) is 0.320. The van der Waals surface area contributed by atoms with E-state index in [2.05, 4.69) is 0 Å². The molecule has 184 valence electrons. The van der Waals surface area contributed by atoms with Gasteiger partial charge < -0.3 is 14.4 Å². The summed E-state index contributed by atoms with van der Waals surface area (Å²) < 4.78 is 11.3. The van der Waals surface area contributed by atoms with Gasteiger partial charge >= 0.3 is 0 Å². The van der Waals surface area contributed by atoms with Gasteiger partial charge in [0.15, 0.2) is 11.5 Å². The molecule has 0 N–H and O–H groups in total. The second-order valence-corrected chi connectivity index (χ2v) is 9.98. The summed E-state index contributed by atoms with van der Waals surface area (Å²) >= 11 is 13.0. The van der Waals surface area contributed by atoms with Crippen molar-refractivity contribution in [1.29, 1.82) is 0 Å². The summed E-state index contributed by atoms with van der Waals surface area (Å²) in [6, 6.07) is 10.4. The fourth-order valence-corrected chi connectivity index (χ4v) is 5.16. The summed E-state index contributed by atoms with van der Waals surface area (Å²) in [5, 5.41) is 0.599. The Hall–Kier alpha value is -2.68. The molecule has 0 atom stereocenters. The van der Waals surface area contributed by atoms with E-state index >= 15 is 0 Å². The van der Waals surface area contributed by atoms with Gasteiger partial charge in [-0.2, -0.15) is 0 Å². The first-order valence-corrected chi connectivity index (χ1v) is 12.7. The second-order valence-electron chi connectivity index (χ2n) is 8.14. The highest BCUT2D eigenvalue weighted by Crippen LogP contribution is 2.35. The van der Waals surface area contributed by atoms with Gasteiger partial charge in [0, 0.05) is 28.7 Å². The molecule has 0 radical (unpaired) electrons. The predicted molar refractivity (Wildman–Crippen MR) is 137 cm³/mol. The number of imide groups is 1. The van der Waals surface area contributed by atoms with Crippen LogP contribution >= 0.6 is 35.0 Å². The van der Waals surface area contributed by atoms with Crippen LogP contribution in [0.25, 0.3) is 6.08 Å². The van der Waals surface area contributed by atoms with E-state index < -0.39 is 11.1 Å². The summed E-state index contributed by atoms with van der Waals surface area (Å²) in [6.07, 6.45) is 4.60. The molecule has 2 aromatic rings. The van der Waals surface area contributed by atoms with E-state index in [0.717, 1.165) is 41.5 Å². The third kappa shape index (κ3) is 6.12. The molecule has 0 aromatic heterocycles. The first kappa shape index (κ1) is 25.4. The maximum Gasteiger partial charge on any atom is 0.294 e. The molecule has 2 aliphatic rings. The SMILES string of the molecule is COc1cc(/C=C2/SC(=O)N(CC(=O)N3CCCCC3)C2=O)ccc1OCc1ccc(Cl)cc1Cl. The standard InChI is InChI=1S/C25H24Cl2N2O5S/c1-33-21-11-16(5-8-20(21)34-15-17-6-7-18(26)13-19(17)27)12-22-24(31)29(25(32)35-22)14-23(30)28-9-3-2-4-10-28/h5-8,11-13H,2-4,9-10,14-15H2,1H3/b22-12+. The van der Waals surface area contributed by atoms with Crippen molar-refractivity contribution in [3.63, 3.8) is 0 Å². The molecule has 35 heavy (non-hydrogen) atoms. The highest BCUT2D eigenvalue weighted by Gasteiger charge is 2.37. The van der Waals surface area contributed by atoms with Gasteiger partial charge in [-0.3, -0.25) is 19.3 Å². The molecule has 0 unspecified atom stereocenters. The number of thioether (sulfide) groups is 1. The van der Waals surface area contributed by atoms with Crippen LogP contribution in [-0.4, -0.2) is 53.6 Å². The number of methoxy groups -OCH3 is 1. The largest absolute Gasteiger partial charge is 0.493 e. The van der Waals surface area contributed by atoms with Crippen LogP contribution in [0.1, 0.15) is 30.4 Å². The molecule has 2 aromatic carbocycles. The second kappa shape index (κ2) is 11.4. The zero-order chi connectivity index (χ0) is 24.9. The highest BCUT2D eigenvalue weighted by atomic mass is 35.5. The van der Waals surface area contributed by atoms with Gasteiger partial charge in [-0.1, -0.05) is 35.3 Å². The van der Waals surface area contributed by atoms with Gasteiger partial charge in [-0.15, -0.1) is 0 Å². The molecule has 0 saturated carbocycles. The van der Waals surface area contributed by atoms with E-state index in [1.165, 1.54) is 7.11 Å². The Morgan fingerprint density at radius 3 is 2.54 bits per heavy atom. The van der Waals surface area contributed by atoms with Crippen LogP contribution in [0.4, 0.5) is 4.79 Å². The topological polar surface area (TPSA) is 76.2 Å². The van der Waals surface area contributed by atoms with E-state index in [1.54, 1.807) is 47.4 Å². The summed E-state index contributed by atoms with van der Waals surface area (Å²) in [6.45, 7) is 1.33. The maximum absolute atomic E-state index is 12.8. The summed E-state index contributed by atoms with van der Waals surface area (Å²) in [5.74, 6) is 0.290. The Morgan fingerprint density at radius 1 is 1.06 bits per heavy atom. The van der Waals surface area contributed by atoms with Crippen molar-refractivity contribution in [1.82, 2.24) is 9.80 Å². The molecule has 7 nitrogen and oxygen atoms in total. The Bertz CT molecular complexity index is 1180. The van der Waals surface area contributed by atoms with Gasteiger partial charge in [0.1, 0.15) is 13.2 Å². The zero-order valence-corrected chi connectivity index (χ0v) is 21.4. The minimum Gasteiger partial charge on any atom is -0.493 e. The number of carbonyl (C=O) groups is 3. The monoisotopic (exact) mass is 534 g/mol.